The third kappa shape index (κ3) is 4.05. The molecule has 1 aliphatic rings. The molecule has 1 aromatic carbocycles. The van der Waals surface area contributed by atoms with Crippen LogP contribution in [-0.4, -0.2) is 26.9 Å². The van der Waals surface area contributed by atoms with Gasteiger partial charge in [-0.25, -0.2) is 13.1 Å². The summed E-state index contributed by atoms with van der Waals surface area (Å²) in [5, 5.41) is 2.74. The largest absolute Gasteiger partial charge is 0.352 e. The maximum atomic E-state index is 12.0. The molecule has 0 aliphatic heterocycles. The van der Waals surface area contributed by atoms with E-state index in [0.29, 0.717) is 5.92 Å². The van der Waals surface area contributed by atoms with Gasteiger partial charge in [-0.15, -0.1) is 0 Å². The van der Waals surface area contributed by atoms with Crippen molar-refractivity contribution in [3.8, 4) is 0 Å². The minimum Gasteiger partial charge on any atom is -0.352 e. The molecule has 0 spiro atoms. The number of sulfonamides is 1. The Hall–Kier alpha value is -1.40. The van der Waals surface area contributed by atoms with Gasteiger partial charge in [0.25, 0.3) is 0 Å². The van der Waals surface area contributed by atoms with Crippen molar-refractivity contribution >= 4 is 15.9 Å². The van der Waals surface area contributed by atoms with Crippen LogP contribution in [0.25, 0.3) is 0 Å². The molecule has 1 aromatic rings. The molecule has 2 rings (SSSR count). The third-order valence-corrected chi connectivity index (χ3v) is 4.64. The average molecular weight is 296 g/mol. The first kappa shape index (κ1) is 15.0. The van der Waals surface area contributed by atoms with Crippen molar-refractivity contribution in [2.45, 2.75) is 43.5 Å². The zero-order chi connectivity index (χ0) is 14.8. The predicted molar refractivity (Wildman–Crippen MR) is 76.9 cm³/mol. The van der Waals surface area contributed by atoms with Crippen LogP contribution in [0.3, 0.4) is 0 Å². The van der Waals surface area contributed by atoms with E-state index in [2.05, 4.69) is 10.0 Å². The summed E-state index contributed by atoms with van der Waals surface area (Å²) in [7, 11) is -3.62. The second-order valence-electron chi connectivity index (χ2n) is 5.39. The number of nitrogens with one attached hydrogen (secondary N) is 2. The van der Waals surface area contributed by atoms with Gasteiger partial charge in [-0.1, -0.05) is 26.0 Å². The van der Waals surface area contributed by atoms with Crippen LogP contribution in [0.5, 0.6) is 0 Å². The lowest BCUT2D eigenvalue weighted by Crippen LogP contribution is -2.37. The molecule has 1 amide bonds. The molecule has 0 unspecified atom stereocenters. The Bertz CT molecular complexity index is 575. The van der Waals surface area contributed by atoms with Crippen molar-refractivity contribution < 1.29 is 13.2 Å². The summed E-state index contributed by atoms with van der Waals surface area (Å²) in [5.41, 5.74) is 1.08. The Balaban J connectivity index is 1.96. The number of amides is 1. The van der Waals surface area contributed by atoms with E-state index in [1.165, 1.54) is 0 Å². The van der Waals surface area contributed by atoms with Crippen LogP contribution in [0, 0.1) is 0 Å². The topological polar surface area (TPSA) is 75.3 Å². The lowest BCUT2D eigenvalue weighted by molar-refractivity contribution is -0.120. The Morgan fingerprint density at radius 1 is 1.25 bits per heavy atom. The Morgan fingerprint density at radius 3 is 2.35 bits per heavy atom. The van der Waals surface area contributed by atoms with Gasteiger partial charge in [-0.05, 0) is 36.5 Å². The van der Waals surface area contributed by atoms with Crippen LogP contribution < -0.4 is 10.0 Å². The lowest BCUT2D eigenvalue weighted by atomic mass is 10.0. The van der Waals surface area contributed by atoms with Crippen LogP contribution in [0.15, 0.2) is 29.2 Å². The van der Waals surface area contributed by atoms with Gasteiger partial charge in [0.1, 0.15) is 0 Å². The van der Waals surface area contributed by atoms with Crippen molar-refractivity contribution in [1.29, 1.82) is 0 Å². The number of benzene rings is 1. The van der Waals surface area contributed by atoms with Crippen molar-refractivity contribution in [3.63, 3.8) is 0 Å². The molecule has 1 aliphatic carbocycles. The summed E-state index contributed by atoms with van der Waals surface area (Å²) >= 11 is 0. The second-order valence-corrected chi connectivity index (χ2v) is 7.16. The van der Waals surface area contributed by atoms with Crippen LogP contribution in [0.4, 0.5) is 0 Å². The van der Waals surface area contributed by atoms with Gasteiger partial charge in [0.05, 0.1) is 11.4 Å². The fraction of sp³-hybridized carbons (Fsp3) is 0.500. The molecule has 5 nitrogen and oxygen atoms in total. The van der Waals surface area contributed by atoms with Gasteiger partial charge in [0, 0.05) is 6.04 Å². The highest BCUT2D eigenvalue weighted by molar-refractivity contribution is 7.89. The van der Waals surface area contributed by atoms with Crippen molar-refractivity contribution in [1.82, 2.24) is 10.0 Å². The summed E-state index contributed by atoms with van der Waals surface area (Å²) in [4.78, 5) is 11.7. The quantitative estimate of drug-likeness (QED) is 0.832. The van der Waals surface area contributed by atoms with Crippen LogP contribution in [0.1, 0.15) is 38.2 Å². The van der Waals surface area contributed by atoms with Gasteiger partial charge in [-0.3, -0.25) is 4.79 Å². The van der Waals surface area contributed by atoms with E-state index >= 15 is 0 Å². The minimum absolute atomic E-state index is 0.182. The second kappa shape index (κ2) is 5.93. The zero-order valence-electron chi connectivity index (χ0n) is 11.7. The van der Waals surface area contributed by atoms with Crippen LogP contribution in [-0.2, 0) is 14.8 Å². The number of rotatable bonds is 6. The normalized spacial score (nSPS) is 15.3. The lowest BCUT2D eigenvalue weighted by Gasteiger charge is -2.09. The van der Waals surface area contributed by atoms with E-state index in [1.807, 2.05) is 13.8 Å². The fourth-order valence-corrected chi connectivity index (χ4v) is 2.76. The first-order valence-electron chi connectivity index (χ1n) is 6.77. The molecule has 0 heterocycles. The Morgan fingerprint density at radius 2 is 1.85 bits per heavy atom. The first-order valence-corrected chi connectivity index (χ1v) is 8.26. The molecule has 1 fully saturated rings. The standard InChI is InChI=1S/C14H20N2O3S/c1-10(2)11-3-7-13(8-4-11)20(18,19)15-9-14(17)16-12-5-6-12/h3-4,7-8,10,12,15H,5-6,9H2,1-2H3,(H,16,17). The highest BCUT2D eigenvalue weighted by atomic mass is 32.2. The molecular formula is C14H20N2O3S. The molecule has 2 N–H and O–H groups in total. The first-order chi connectivity index (χ1) is 9.38. The molecular weight excluding hydrogens is 276 g/mol. The van der Waals surface area contributed by atoms with Gasteiger partial charge >= 0.3 is 0 Å². The maximum Gasteiger partial charge on any atom is 0.241 e. The van der Waals surface area contributed by atoms with Crippen LogP contribution in [0.2, 0.25) is 0 Å². The Labute approximate surface area is 119 Å². The Kier molecular flexibility index (Phi) is 4.45. The third-order valence-electron chi connectivity index (χ3n) is 3.22. The van der Waals surface area contributed by atoms with E-state index in [0.717, 1.165) is 18.4 Å². The van der Waals surface area contributed by atoms with Gasteiger partial charge < -0.3 is 5.32 Å². The van der Waals surface area contributed by atoms with E-state index in [-0.39, 0.29) is 23.4 Å². The molecule has 0 aromatic heterocycles. The number of carbonyl (C=O) groups excluding carboxylic acids is 1. The van der Waals surface area contributed by atoms with Gasteiger partial charge in [-0.2, -0.15) is 0 Å². The highest BCUT2D eigenvalue weighted by Gasteiger charge is 2.24. The molecule has 1 saturated carbocycles. The van der Waals surface area contributed by atoms with E-state index in [9.17, 15) is 13.2 Å². The molecule has 0 saturated heterocycles. The van der Waals surface area contributed by atoms with Crippen molar-refractivity contribution in [2.75, 3.05) is 6.54 Å². The molecule has 110 valence electrons. The maximum absolute atomic E-state index is 12.0. The summed E-state index contributed by atoms with van der Waals surface area (Å²) in [6.07, 6.45) is 1.96. The summed E-state index contributed by atoms with van der Waals surface area (Å²) in [6.45, 7) is 3.87. The average Bonchev–Trinajstić information content (AvgIpc) is 3.20. The number of hydrogen-bond donors (Lipinski definition) is 2. The molecule has 0 atom stereocenters. The molecule has 0 bridgehead atoms. The van der Waals surface area contributed by atoms with Gasteiger partial charge in [0.15, 0.2) is 0 Å². The van der Waals surface area contributed by atoms with Crippen LogP contribution >= 0.6 is 0 Å². The molecule has 0 radical (unpaired) electrons. The smallest absolute Gasteiger partial charge is 0.241 e. The van der Waals surface area contributed by atoms with Crippen molar-refractivity contribution in [3.05, 3.63) is 29.8 Å². The van der Waals surface area contributed by atoms with E-state index < -0.39 is 10.0 Å². The molecule has 20 heavy (non-hydrogen) atoms. The van der Waals surface area contributed by atoms with Gasteiger partial charge in [0.2, 0.25) is 15.9 Å². The van der Waals surface area contributed by atoms with Crippen molar-refractivity contribution in [2.24, 2.45) is 0 Å². The summed E-state index contributed by atoms with van der Waals surface area (Å²) < 4.78 is 26.4. The SMILES string of the molecule is CC(C)c1ccc(S(=O)(=O)NCC(=O)NC2CC2)cc1. The van der Waals surface area contributed by atoms with E-state index in [4.69, 9.17) is 0 Å². The monoisotopic (exact) mass is 296 g/mol. The number of carbonyl (C=O) groups is 1. The summed E-state index contributed by atoms with van der Waals surface area (Å²) in [5.74, 6) is 0.0684. The predicted octanol–water partition coefficient (Wildman–Crippen LogP) is 1.37. The molecule has 6 heteroatoms. The fourth-order valence-electron chi connectivity index (χ4n) is 1.78. The zero-order valence-corrected chi connectivity index (χ0v) is 12.5. The minimum atomic E-state index is -3.62. The van der Waals surface area contributed by atoms with E-state index in [1.54, 1.807) is 24.3 Å². The highest BCUT2D eigenvalue weighted by Crippen LogP contribution is 2.18. The summed E-state index contributed by atoms with van der Waals surface area (Å²) in [6, 6.07) is 6.96. The number of hydrogen-bond acceptors (Lipinski definition) is 3.